The zero-order chi connectivity index (χ0) is 13.1. The van der Waals surface area contributed by atoms with Crippen LogP contribution in [-0.2, 0) is 4.74 Å². The highest BCUT2D eigenvalue weighted by molar-refractivity contribution is 4.92. The first-order valence-corrected chi connectivity index (χ1v) is 8.71. The highest BCUT2D eigenvalue weighted by Crippen LogP contribution is 2.44. The van der Waals surface area contributed by atoms with Crippen LogP contribution in [0, 0.1) is 5.92 Å². The highest BCUT2D eigenvalue weighted by Gasteiger charge is 2.41. The van der Waals surface area contributed by atoms with Crippen molar-refractivity contribution < 1.29 is 4.74 Å². The molecule has 0 radical (unpaired) electrons. The van der Waals surface area contributed by atoms with E-state index in [4.69, 9.17) is 4.74 Å². The van der Waals surface area contributed by atoms with Gasteiger partial charge in [0.05, 0.1) is 11.7 Å². The van der Waals surface area contributed by atoms with E-state index >= 15 is 0 Å². The molecule has 3 rings (SSSR count). The Morgan fingerprint density at radius 3 is 2.68 bits per heavy atom. The van der Waals surface area contributed by atoms with Crippen molar-refractivity contribution in [3.8, 4) is 0 Å². The molecule has 1 saturated heterocycles. The SMILES string of the molecule is CCNC1CCC(CC2CCC3(CCCCC3)O2)C1. The monoisotopic (exact) mass is 265 g/mol. The van der Waals surface area contributed by atoms with E-state index in [9.17, 15) is 0 Å². The Hall–Kier alpha value is -0.0800. The van der Waals surface area contributed by atoms with Crippen molar-refractivity contribution in [3.05, 3.63) is 0 Å². The number of ether oxygens (including phenoxy) is 1. The van der Waals surface area contributed by atoms with E-state index < -0.39 is 0 Å². The fourth-order valence-electron chi connectivity index (χ4n) is 4.76. The summed E-state index contributed by atoms with van der Waals surface area (Å²) < 4.78 is 6.53. The molecule has 3 aliphatic rings. The van der Waals surface area contributed by atoms with Gasteiger partial charge >= 0.3 is 0 Å². The molecular weight excluding hydrogens is 234 g/mol. The average Bonchev–Trinajstić information content (AvgIpc) is 3.00. The Kier molecular flexibility index (Phi) is 4.48. The normalized spacial score (nSPS) is 38.1. The minimum atomic E-state index is 0.322. The van der Waals surface area contributed by atoms with Crippen molar-refractivity contribution >= 4 is 0 Å². The predicted octanol–water partition coefficient (Wildman–Crippen LogP) is 4.04. The number of hydrogen-bond donors (Lipinski definition) is 1. The van der Waals surface area contributed by atoms with Crippen LogP contribution in [0.25, 0.3) is 0 Å². The third-order valence-corrected chi connectivity index (χ3v) is 5.73. The van der Waals surface area contributed by atoms with Gasteiger partial charge in [0.25, 0.3) is 0 Å². The van der Waals surface area contributed by atoms with E-state index in [2.05, 4.69) is 12.2 Å². The topological polar surface area (TPSA) is 21.3 Å². The molecule has 1 aliphatic heterocycles. The van der Waals surface area contributed by atoms with Crippen LogP contribution in [0.15, 0.2) is 0 Å². The first kappa shape index (κ1) is 13.9. The zero-order valence-electron chi connectivity index (χ0n) is 12.6. The fraction of sp³-hybridized carbons (Fsp3) is 1.00. The maximum Gasteiger partial charge on any atom is 0.0687 e. The molecule has 2 nitrogen and oxygen atoms in total. The average molecular weight is 265 g/mol. The van der Waals surface area contributed by atoms with Crippen LogP contribution < -0.4 is 5.32 Å². The maximum absolute atomic E-state index is 6.53. The van der Waals surface area contributed by atoms with Crippen LogP contribution in [0.3, 0.4) is 0 Å². The fourth-order valence-corrected chi connectivity index (χ4v) is 4.76. The molecule has 0 bridgehead atoms. The van der Waals surface area contributed by atoms with Crippen molar-refractivity contribution in [3.63, 3.8) is 0 Å². The molecule has 2 aliphatic carbocycles. The van der Waals surface area contributed by atoms with Crippen molar-refractivity contribution in [2.75, 3.05) is 6.54 Å². The van der Waals surface area contributed by atoms with E-state index in [0.717, 1.165) is 18.5 Å². The second-order valence-electron chi connectivity index (χ2n) is 7.19. The number of nitrogens with one attached hydrogen (secondary N) is 1. The molecular formula is C17H31NO. The molecule has 2 heteroatoms. The smallest absolute Gasteiger partial charge is 0.0687 e. The van der Waals surface area contributed by atoms with Crippen LogP contribution in [0.2, 0.25) is 0 Å². The van der Waals surface area contributed by atoms with Gasteiger partial charge in [0, 0.05) is 6.04 Å². The van der Waals surface area contributed by atoms with Crippen molar-refractivity contribution in [2.24, 2.45) is 5.92 Å². The van der Waals surface area contributed by atoms with E-state index in [0.29, 0.717) is 11.7 Å². The maximum atomic E-state index is 6.53. The number of rotatable bonds is 4. The highest BCUT2D eigenvalue weighted by atomic mass is 16.5. The van der Waals surface area contributed by atoms with Crippen LogP contribution in [0.4, 0.5) is 0 Å². The lowest BCUT2D eigenvalue weighted by Gasteiger charge is -2.33. The molecule has 2 saturated carbocycles. The second-order valence-corrected chi connectivity index (χ2v) is 7.19. The summed E-state index contributed by atoms with van der Waals surface area (Å²) in [6.07, 6.45) is 15.7. The van der Waals surface area contributed by atoms with Gasteiger partial charge in [-0.25, -0.2) is 0 Å². The summed E-state index contributed by atoms with van der Waals surface area (Å²) in [5.74, 6) is 0.924. The molecule has 1 heterocycles. The molecule has 110 valence electrons. The minimum Gasteiger partial charge on any atom is -0.372 e. The minimum absolute atomic E-state index is 0.322. The van der Waals surface area contributed by atoms with Crippen molar-refractivity contribution in [2.45, 2.75) is 95.3 Å². The lowest BCUT2D eigenvalue weighted by Crippen LogP contribution is -2.32. The van der Waals surface area contributed by atoms with Crippen molar-refractivity contribution in [1.29, 1.82) is 0 Å². The van der Waals surface area contributed by atoms with Gasteiger partial charge in [-0.3, -0.25) is 0 Å². The van der Waals surface area contributed by atoms with Crippen LogP contribution in [-0.4, -0.2) is 24.3 Å². The first-order chi connectivity index (χ1) is 9.30. The van der Waals surface area contributed by atoms with Crippen LogP contribution in [0.1, 0.15) is 77.6 Å². The van der Waals surface area contributed by atoms with E-state index in [1.165, 1.54) is 70.6 Å². The van der Waals surface area contributed by atoms with Crippen LogP contribution >= 0.6 is 0 Å². The third-order valence-electron chi connectivity index (χ3n) is 5.73. The standard InChI is InChI=1S/C17H31NO/c1-2-18-15-7-6-14(12-15)13-16-8-11-17(19-16)9-4-3-5-10-17/h14-16,18H,2-13H2,1H3. The molecule has 1 spiro atoms. The van der Waals surface area contributed by atoms with Gasteiger partial charge in [0.1, 0.15) is 0 Å². The summed E-state index contributed by atoms with van der Waals surface area (Å²) in [7, 11) is 0. The first-order valence-electron chi connectivity index (χ1n) is 8.71. The van der Waals surface area contributed by atoms with Crippen LogP contribution in [0.5, 0.6) is 0 Å². The lowest BCUT2D eigenvalue weighted by molar-refractivity contribution is -0.0696. The molecule has 0 amide bonds. The predicted molar refractivity (Wildman–Crippen MR) is 79.3 cm³/mol. The van der Waals surface area contributed by atoms with E-state index in [1.54, 1.807) is 0 Å². The lowest BCUT2D eigenvalue weighted by atomic mass is 9.83. The summed E-state index contributed by atoms with van der Waals surface area (Å²) in [6.45, 7) is 3.35. The van der Waals surface area contributed by atoms with Gasteiger partial charge in [0.2, 0.25) is 0 Å². The van der Waals surface area contributed by atoms with Crippen molar-refractivity contribution in [1.82, 2.24) is 5.32 Å². The summed E-state index contributed by atoms with van der Waals surface area (Å²) in [5.41, 5.74) is 0.322. The molecule has 0 aromatic carbocycles. The third kappa shape index (κ3) is 3.33. The van der Waals surface area contributed by atoms with E-state index in [-0.39, 0.29) is 0 Å². The molecule has 3 atom stereocenters. The van der Waals surface area contributed by atoms with Gasteiger partial charge in [-0.1, -0.05) is 26.2 Å². The zero-order valence-corrected chi connectivity index (χ0v) is 12.6. The molecule has 3 fully saturated rings. The molecule has 19 heavy (non-hydrogen) atoms. The Labute approximate surface area is 118 Å². The largest absolute Gasteiger partial charge is 0.372 e. The van der Waals surface area contributed by atoms with Gasteiger partial charge < -0.3 is 10.1 Å². The Morgan fingerprint density at radius 1 is 1.05 bits per heavy atom. The Bertz CT molecular complexity index is 285. The Balaban J connectivity index is 1.44. The molecule has 0 aromatic rings. The van der Waals surface area contributed by atoms with Gasteiger partial charge in [0.15, 0.2) is 0 Å². The molecule has 0 aromatic heterocycles. The quantitative estimate of drug-likeness (QED) is 0.828. The van der Waals surface area contributed by atoms with Gasteiger partial charge in [-0.15, -0.1) is 0 Å². The van der Waals surface area contributed by atoms with Gasteiger partial charge in [-0.05, 0) is 63.8 Å². The van der Waals surface area contributed by atoms with E-state index in [1.807, 2.05) is 0 Å². The summed E-state index contributed by atoms with van der Waals surface area (Å²) >= 11 is 0. The number of hydrogen-bond acceptors (Lipinski definition) is 2. The second kappa shape index (κ2) is 6.13. The molecule has 3 unspecified atom stereocenters. The summed E-state index contributed by atoms with van der Waals surface area (Å²) in [4.78, 5) is 0. The molecule has 1 N–H and O–H groups in total. The summed E-state index contributed by atoms with van der Waals surface area (Å²) in [6, 6.07) is 0.792. The summed E-state index contributed by atoms with van der Waals surface area (Å²) in [5, 5.41) is 3.62. The Morgan fingerprint density at radius 2 is 1.89 bits per heavy atom. The van der Waals surface area contributed by atoms with Gasteiger partial charge in [-0.2, -0.15) is 0 Å².